The van der Waals surface area contributed by atoms with Crippen molar-refractivity contribution in [1.82, 2.24) is 0 Å². The number of carbonyl (C=O) groups is 1. The van der Waals surface area contributed by atoms with Crippen molar-refractivity contribution < 1.29 is 4.79 Å². The molecule has 0 radical (unpaired) electrons. The summed E-state index contributed by atoms with van der Waals surface area (Å²) in [5, 5.41) is 0.616. The molecule has 2 N–H and O–H groups in total. The minimum Gasteiger partial charge on any atom is -0.398 e. The Bertz CT molecular complexity index is 561. The summed E-state index contributed by atoms with van der Waals surface area (Å²) in [6, 6.07) is 12.1. The van der Waals surface area contributed by atoms with E-state index in [1.54, 1.807) is 36.4 Å². The number of hydrogen-bond donors (Lipinski definition) is 1. The first-order valence-corrected chi connectivity index (χ1v) is 5.62. The lowest BCUT2D eigenvalue weighted by Crippen LogP contribution is -2.02. The highest BCUT2D eigenvalue weighted by Gasteiger charge is 2.09. The van der Waals surface area contributed by atoms with Gasteiger partial charge in [0.1, 0.15) is 0 Å². The van der Waals surface area contributed by atoms with Gasteiger partial charge in [0.25, 0.3) is 0 Å². The van der Waals surface area contributed by atoms with E-state index >= 15 is 0 Å². The molecule has 0 saturated heterocycles. The van der Waals surface area contributed by atoms with Crippen LogP contribution in [0.15, 0.2) is 42.5 Å². The van der Waals surface area contributed by atoms with E-state index in [1.165, 1.54) is 0 Å². The lowest BCUT2D eigenvalue weighted by molar-refractivity contribution is 0.103. The minimum absolute atomic E-state index is 0.0478. The van der Waals surface area contributed by atoms with Crippen LogP contribution in [0.3, 0.4) is 0 Å². The number of rotatable bonds is 2. The number of ketones is 1. The molecule has 0 unspecified atom stereocenters. The molecule has 0 aliphatic carbocycles. The lowest BCUT2D eigenvalue weighted by atomic mass is 10.0. The summed E-state index contributed by atoms with van der Waals surface area (Å²) < 4.78 is 0. The van der Waals surface area contributed by atoms with Gasteiger partial charge in [0.2, 0.25) is 0 Å². The summed E-state index contributed by atoms with van der Waals surface area (Å²) >= 11 is 5.78. The fourth-order valence-electron chi connectivity index (χ4n) is 1.55. The summed E-state index contributed by atoms with van der Waals surface area (Å²) in [4.78, 5) is 12.1. The van der Waals surface area contributed by atoms with Crippen LogP contribution in [0.25, 0.3) is 0 Å². The fourth-order valence-corrected chi connectivity index (χ4v) is 1.68. The molecule has 86 valence electrons. The van der Waals surface area contributed by atoms with Crippen LogP contribution >= 0.6 is 11.6 Å². The van der Waals surface area contributed by atoms with Gasteiger partial charge in [-0.3, -0.25) is 4.79 Å². The van der Waals surface area contributed by atoms with E-state index in [-0.39, 0.29) is 5.78 Å². The molecule has 0 aliphatic heterocycles. The van der Waals surface area contributed by atoms with Crippen LogP contribution in [0.2, 0.25) is 5.02 Å². The van der Waals surface area contributed by atoms with Gasteiger partial charge < -0.3 is 5.73 Å². The van der Waals surface area contributed by atoms with E-state index in [0.717, 1.165) is 5.56 Å². The Labute approximate surface area is 105 Å². The molecule has 3 heteroatoms. The van der Waals surface area contributed by atoms with Crippen molar-refractivity contribution in [2.45, 2.75) is 6.92 Å². The summed E-state index contributed by atoms with van der Waals surface area (Å²) in [5.41, 5.74) is 8.59. The van der Waals surface area contributed by atoms with E-state index in [9.17, 15) is 4.79 Å². The van der Waals surface area contributed by atoms with E-state index in [0.29, 0.717) is 21.8 Å². The molecular weight excluding hydrogens is 234 g/mol. The van der Waals surface area contributed by atoms with Crippen molar-refractivity contribution in [2.24, 2.45) is 0 Å². The van der Waals surface area contributed by atoms with Gasteiger partial charge in [0.05, 0.1) is 0 Å². The number of benzene rings is 2. The van der Waals surface area contributed by atoms with Gasteiger partial charge in [0.15, 0.2) is 5.78 Å². The Kier molecular flexibility index (Phi) is 3.16. The molecule has 2 aromatic rings. The third kappa shape index (κ3) is 2.48. The molecule has 0 atom stereocenters. The first-order chi connectivity index (χ1) is 8.08. The van der Waals surface area contributed by atoms with Gasteiger partial charge in [0, 0.05) is 21.8 Å². The standard InChI is InChI=1S/C14H12ClNO/c1-9-2-3-11(8-13(9)16)14(17)10-4-6-12(15)7-5-10/h2-8H,16H2,1H3. The lowest BCUT2D eigenvalue weighted by Gasteiger charge is -2.04. The third-order valence-electron chi connectivity index (χ3n) is 2.65. The van der Waals surface area contributed by atoms with Crippen molar-refractivity contribution >= 4 is 23.1 Å². The maximum atomic E-state index is 12.1. The van der Waals surface area contributed by atoms with Crippen LogP contribution in [0.5, 0.6) is 0 Å². The largest absolute Gasteiger partial charge is 0.398 e. The Morgan fingerprint density at radius 3 is 2.24 bits per heavy atom. The molecule has 2 aromatic carbocycles. The van der Waals surface area contributed by atoms with Crippen molar-refractivity contribution in [3.8, 4) is 0 Å². The van der Waals surface area contributed by atoms with Gasteiger partial charge in [-0.15, -0.1) is 0 Å². The molecule has 0 heterocycles. The molecule has 0 aromatic heterocycles. The Morgan fingerprint density at radius 2 is 1.65 bits per heavy atom. The smallest absolute Gasteiger partial charge is 0.193 e. The Hall–Kier alpha value is -1.80. The van der Waals surface area contributed by atoms with Gasteiger partial charge in [-0.1, -0.05) is 23.7 Å². The molecule has 0 saturated carbocycles. The first kappa shape index (κ1) is 11.7. The summed E-state index contributed by atoms with van der Waals surface area (Å²) in [7, 11) is 0. The molecule has 17 heavy (non-hydrogen) atoms. The minimum atomic E-state index is -0.0478. The van der Waals surface area contributed by atoms with Crippen LogP contribution in [-0.2, 0) is 0 Å². The normalized spacial score (nSPS) is 10.2. The number of anilines is 1. The van der Waals surface area contributed by atoms with E-state index in [1.807, 2.05) is 13.0 Å². The number of carbonyl (C=O) groups excluding carboxylic acids is 1. The third-order valence-corrected chi connectivity index (χ3v) is 2.90. The van der Waals surface area contributed by atoms with Gasteiger partial charge in [-0.2, -0.15) is 0 Å². The average molecular weight is 246 g/mol. The molecule has 0 bridgehead atoms. The van der Waals surface area contributed by atoms with Crippen LogP contribution in [-0.4, -0.2) is 5.78 Å². The Morgan fingerprint density at radius 1 is 1.06 bits per heavy atom. The average Bonchev–Trinajstić information content (AvgIpc) is 2.33. The second-order valence-corrected chi connectivity index (χ2v) is 4.34. The Balaban J connectivity index is 2.37. The highest BCUT2D eigenvalue weighted by Crippen LogP contribution is 2.17. The zero-order chi connectivity index (χ0) is 12.4. The van der Waals surface area contributed by atoms with Crippen LogP contribution < -0.4 is 5.73 Å². The van der Waals surface area contributed by atoms with Crippen molar-refractivity contribution in [2.75, 3.05) is 5.73 Å². The monoisotopic (exact) mass is 245 g/mol. The molecule has 0 fully saturated rings. The summed E-state index contributed by atoms with van der Waals surface area (Å²) in [5.74, 6) is -0.0478. The van der Waals surface area contributed by atoms with Crippen LogP contribution in [0.1, 0.15) is 21.5 Å². The molecule has 0 spiro atoms. The first-order valence-electron chi connectivity index (χ1n) is 5.24. The topological polar surface area (TPSA) is 43.1 Å². The van der Waals surface area contributed by atoms with E-state index < -0.39 is 0 Å². The predicted molar refractivity (Wildman–Crippen MR) is 70.5 cm³/mol. The maximum absolute atomic E-state index is 12.1. The molecule has 0 amide bonds. The second-order valence-electron chi connectivity index (χ2n) is 3.91. The van der Waals surface area contributed by atoms with Gasteiger partial charge >= 0.3 is 0 Å². The number of hydrogen-bond acceptors (Lipinski definition) is 2. The quantitative estimate of drug-likeness (QED) is 0.650. The summed E-state index contributed by atoms with van der Waals surface area (Å²) in [6.07, 6.45) is 0. The van der Waals surface area contributed by atoms with Crippen molar-refractivity contribution in [3.63, 3.8) is 0 Å². The van der Waals surface area contributed by atoms with Crippen molar-refractivity contribution in [1.29, 1.82) is 0 Å². The van der Waals surface area contributed by atoms with Crippen molar-refractivity contribution in [3.05, 3.63) is 64.2 Å². The maximum Gasteiger partial charge on any atom is 0.193 e. The molecular formula is C14H12ClNO. The van der Waals surface area contributed by atoms with Gasteiger partial charge in [-0.05, 0) is 42.8 Å². The fraction of sp³-hybridized carbons (Fsp3) is 0.0714. The van der Waals surface area contributed by atoms with E-state index in [4.69, 9.17) is 17.3 Å². The SMILES string of the molecule is Cc1ccc(C(=O)c2ccc(Cl)cc2)cc1N. The van der Waals surface area contributed by atoms with E-state index in [2.05, 4.69) is 0 Å². The second kappa shape index (κ2) is 4.60. The number of nitrogens with two attached hydrogens (primary N) is 1. The number of nitrogen functional groups attached to an aromatic ring is 1. The molecule has 0 aliphatic rings. The molecule has 2 rings (SSSR count). The summed E-state index contributed by atoms with van der Waals surface area (Å²) in [6.45, 7) is 1.91. The van der Waals surface area contributed by atoms with Crippen LogP contribution in [0.4, 0.5) is 5.69 Å². The highest BCUT2D eigenvalue weighted by molar-refractivity contribution is 6.30. The highest BCUT2D eigenvalue weighted by atomic mass is 35.5. The van der Waals surface area contributed by atoms with Crippen LogP contribution in [0, 0.1) is 6.92 Å². The zero-order valence-electron chi connectivity index (χ0n) is 9.41. The zero-order valence-corrected chi connectivity index (χ0v) is 10.2. The number of aryl methyl sites for hydroxylation is 1. The molecule has 2 nitrogen and oxygen atoms in total. The number of halogens is 1. The predicted octanol–water partition coefficient (Wildman–Crippen LogP) is 3.46. The van der Waals surface area contributed by atoms with Gasteiger partial charge in [-0.25, -0.2) is 0 Å².